The number of rotatable bonds is 8. The summed E-state index contributed by atoms with van der Waals surface area (Å²) in [6, 6.07) is 0. The van der Waals surface area contributed by atoms with Gasteiger partial charge in [0.05, 0.1) is 19.8 Å². The number of aliphatic hydroxyl groups is 4. The molecule has 0 fully saturated rings. The molecule has 8 heteroatoms. The molecule has 0 aromatic rings. The van der Waals surface area contributed by atoms with Crippen molar-refractivity contribution < 1.29 is 35.0 Å². The third kappa shape index (κ3) is 17.7. The van der Waals surface area contributed by atoms with Crippen LogP contribution in [-0.4, -0.2) is 71.7 Å². The largest absolute Gasteiger partial charge is 0.394 e. The van der Waals surface area contributed by atoms with E-state index in [0.29, 0.717) is 6.54 Å². The van der Waals surface area contributed by atoms with Crippen molar-refractivity contribution in [2.75, 3.05) is 33.0 Å². The fourth-order valence-electron chi connectivity index (χ4n) is 0.404. The van der Waals surface area contributed by atoms with Crippen LogP contribution >= 0.6 is 0 Å². The highest BCUT2D eigenvalue weighted by Gasteiger charge is 2.04. The number of carbonyl (C=O) groups excluding carboxylic acids is 1. The van der Waals surface area contributed by atoms with Gasteiger partial charge in [0.2, 0.25) is 6.08 Å². The van der Waals surface area contributed by atoms with Crippen molar-refractivity contribution in [3.05, 3.63) is 6.92 Å². The quantitative estimate of drug-likeness (QED) is 0.127. The third-order valence-corrected chi connectivity index (χ3v) is 1.20. The van der Waals surface area contributed by atoms with Crippen LogP contribution in [0.2, 0.25) is 0 Å². The van der Waals surface area contributed by atoms with Crippen LogP contribution in [0.5, 0.6) is 0 Å². The Morgan fingerprint density at radius 3 is 1.71 bits per heavy atom. The molecular formula is C9H18NO7. The van der Waals surface area contributed by atoms with Crippen LogP contribution < -0.4 is 0 Å². The smallest absolute Gasteiger partial charge is 0.234 e. The molecule has 0 aliphatic carbocycles. The van der Waals surface area contributed by atoms with Crippen LogP contribution in [0.15, 0.2) is 4.99 Å². The van der Waals surface area contributed by atoms with E-state index in [-0.39, 0.29) is 13.2 Å². The molecular weight excluding hydrogens is 234 g/mol. The Hall–Kier alpha value is -0.860. The van der Waals surface area contributed by atoms with E-state index in [1.54, 1.807) is 0 Å². The molecule has 0 amide bonds. The summed E-state index contributed by atoms with van der Waals surface area (Å²) >= 11 is 0. The second-order valence-electron chi connectivity index (χ2n) is 2.71. The first-order valence-corrected chi connectivity index (χ1v) is 4.77. The summed E-state index contributed by atoms with van der Waals surface area (Å²) in [7, 11) is 0. The summed E-state index contributed by atoms with van der Waals surface area (Å²) in [4.78, 5) is 20.9. The van der Waals surface area contributed by atoms with Crippen molar-refractivity contribution in [2.45, 2.75) is 12.2 Å². The molecule has 0 saturated carbocycles. The molecule has 0 rings (SSSR count). The fraction of sp³-hybridized carbons (Fsp3) is 0.778. The lowest BCUT2D eigenvalue weighted by molar-refractivity contribution is -0.316. The van der Waals surface area contributed by atoms with Gasteiger partial charge >= 0.3 is 0 Å². The Labute approximate surface area is 99.1 Å². The minimum Gasteiger partial charge on any atom is -0.394 e. The summed E-state index contributed by atoms with van der Waals surface area (Å²) in [5.74, 6) is 0. The van der Waals surface area contributed by atoms with Gasteiger partial charge in [0.15, 0.2) is 0 Å². The number of aliphatic hydroxyl groups excluding tert-OH is 4. The van der Waals surface area contributed by atoms with Gasteiger partial charge < -0.3 is 20.4 Å². The van der Waals surface area contributed by atoms with Crippen LogP contribution in [0.4, 0.5) is 0 Å². The lowest BCUT2D eigenvalue weighted by Gasteiger charge is -2.09. The first kappa shape index (κ1) is 18.5. The van der Waals surface area contributed by atoms with Crippen molar-refractivity contribution in [3.63, 3.8) is 0 Å². The van der Waals surface area contributed by atoms with E-state index in [4.69, 9.17) is 25.2 Å². The maximum absolute atomic E-state index is 9.07. The first-order valence-electron chi connectivity index (χ1n) is 4.77. The fourth-order valence-corrected chi connectivity index (χ4v) is 0.404. The minimum atomic E-state index is -0.990. The molecule has 0 saturated heterocycles. The second kappa shape index (κ2) is 15.1. The topological polar surface area (TPSA) is 129 Å². The van der Waals surface area contributed by atoms with Gasteiger partial charge in [-0.05, 0) is 6.92 Å². The number of nitrogens with zero attached hydrogens (tertiary/aromatic N) is 1. The van der Waals surface area contributed by atoms with Crippen molar-refractivity contribution in [1.29, 1.82) is 0 Å². The number of isocyanates is 1. The summed E-state index contributed by atoms with van der Waals surface area (Å²) in [6.07, 6.45) is -0.649. The Kier molecular flexibility index (Phi) is 16.5. The van der Waals surface area contributed by atoms with Crippen LogP contribution in [-0.2, 0) is 14.6 Å². The average Bonchev–Trinajstić information content (AvgIpc) is 2.35. The van der Waals surface area contributed by atoms with E-state index in [1.807, 2.05) is 0 Å². The summed E-state index contributed by atoms with van der Waals surface area (Å²) in [5, 5.41) is 34.1. The Morgan fingerprint density at radius 1 is 1.12 bits per heavy atom. The van der Waals surface area contributed by atoms with Crippen LogP contribution in [0.1, 0.15) is 0 Å². The molecule has 0 spiro atoms. The van der Waals surface area contributed by atoms with Gasteiger partial charge in [-0.1, -0.05) is 0 Å². The van der Waals surface area contributed by atoms with E-state index >= 15 is 0 Å². The first-order chi connectivity index (χ1) is 8.12. The SMILES string of the molecule is OCC(O)COOCC(O)CO.[CH2]CN=C=O. The van der Waals surface area contributed by atoms with E-state index in [0.717, 1.165) is 0 Å². The zero-order valence-corrected chi connectivity index (χ0v) is 9.36. The van der Waals surface area contributed by atoms with Crippen molar-refractivity contribution in [2.24, 2.45) is 4.99 Å². The molecule has 0 aliphatic rings. The molecule has 0 aliphatic heterocycles. The van der Waals surface area contributed by atoms with Crippen LogP contribution in [0.3, 0.4) is 0 Å². The summed E-state index contributed by atoms with van der Waals surface area (Å²) in [6.45, 7) is 2.38. The Morgan fingerprint density at radius 2 is 1.53 bits per heavy atom. The highest BCUT2D eigenvalue weighted by molar-refractivity contribution is 5.32. The zero-order valence-electron chi connectivity index (χ0n) is 9.36. The number of hydrogen-bond acceptors (Lipinski definition) is 8. The molecule has 0 heterocycles. The van der Waals surface area contributed by atoms with Crippen molar-refractivity contribution in [1.82, 2.24) is 0 Å². The maximum atomic E-state index is 9.07. The second-order valence-corrected chi connectivity index (χ2v) is 2.71. The molecule has 101 valence electrons. The molecule has 8 nitrogen and oxygen atoms in total. The van der Waals surface area contributed by atoms with Gasteiger partial charge in [0.25, 0.3) is 0 Å². The third-order valence-electron chi connectivity index (χ3n) is 1.20. The van der Waals surface area contributed by atoms with E-state index in [2.05, 4.69) is 21.7 Å². The Bertz CT molecular complexity index is 184. The van der Waals surface area contributed by atoms with E-state index < -0.39 is 25.4 Å². The molecule has 0 aromatic heterocycles. The average molecular weight is 252 g/mol. The van der Waals surface area contributed by atoms with Crippen LogP contribution in [0.25, 0.3) is 0 Å². The van der Waals surface area contributed by atoms with Crippen molar-refractivity contribution >= 4 is 6.08 Å². The van der Waals surface area contributed by atoms with Gasteiger partial charge in [-0.2, -0.15) is 0 Å². The lowest BCUT2D eigenvalue weighted by atomic mass is 10.4. The van der Waals surface area contributed by atoms with Gasteiger partial charge in [-0.15, -0.1) is 0 Å². The van der Waals surface area contributed by atoms with Gasteiger partial charge in [0, 0.05) is 0 Å². The summed E-state index contributed by atoms with van der Waals surface area (Å²) in [5.41, 5.74) is 0. The molecule has 0 aromatic carbocycles. The van der Waals surface area contributed by atoms with Gasteiger partial charge in [0.1, 0.15) is 25.4 Å². The van der Waals surface area contributed by atoms with E-state index in [1.165, 1.54) is 6.08 Å². The molecule has 2 atom stereocenters. The van der Waals surface area contributed by atoms with Crippen molar-refractivity contribution in [3.8, 4) is 0 Å². The highest BCUT2D eigenvalue weighted by Crippen LogP contribution is 1.88. The van der Waals surface area contributed by atoms with Crippen LogP contribution in [0, 0.1) is 6.92 Å². The highest BCUT2D eigenvalue weighted by atomic mass is 17.2. The maximum Gasteiger partial charge on any atom is 0.234 e. The molecule has 1 radical (unpaired) electrons. The van der Waals surface area contributed by atoms with Gasteiger partial charge in [-0.3, -0.25) is 0 Å². The lowest BCUT2D eigenvalue weighted by Crippen LogP contribution is -2.23. The van der Waals surface area contributed by atoms with Gasteiger partial charge in [-0.25, -0.2) is 19.6 Å². The predicted molar refractivity (Wildman–Crippen MR) is 56.4 cm³/mol. The predicted octanol–water partition coefficient (Wildman–Crippen LogP) is -2.20. The zero-order chi connectivity index (χ0) is 13.5. The molecule has 0 bridgehead atoms. The number of aliphatic imine (C=N–C) groups is 1. The standard InChI is InChI=1S/C6H14O6.C3H4NO/c7-1-5(9)3-11-12-4-6(10)2-8;1-2-4-3-5/h5-10H,1-4H2;1-2H2. The molecule has 17 heavy (non-hydrogen) atoms. The molecule has 2 unspecified atom stereocenters. The Balaban J connectivity index is 0. The normalized spacial score (nSPS) is 13.0. The monoisotopic (exact) mass is 252 g/mol. The molecule has 4 N–H and O–H groups in total. The summed E-state index contributed by atoms with van der Waals surface area (Å²) < 4.78 is 0. The minimum absolute atomic E-state index is 0.172. The van der Waals surface area contributed by atoms with E-state index in [9.17, 15) is 0 Å². The number of hydrogen-bond donors (Lipinski definition) is 4.